The minimum Gasteiger partial charge on any atom is -0.486 e. The Labute approximate surface area is 161 Å². The van der Waals surface area contributed by atoms with Gasteiger partial charge in [0.15, 0.2) is 11.5 Å². The third-order valence-corrected chi connectivity index (χ3v) is 5.57. The van der Waals surface area contributed by atoms with Gasteiger partial charge < -0.3 is 14.8 Å². The first-order valence-corrected chi connectivity index (χ1v) is 9.20. The third kappa shape index (κ3) is 2.46. The van der Waals surface area contributed by atoms with E-state index < -0.39 is 11.3 Å². The largest absolute Gasteiger partial charge is 0.486 e. The zero-order chi connectivity index (χ0) is 19.3. The number of fused-ring (bicyclic) bond motifs is 2. The number of benzene rings is 2. The quantitative estimate of drug-likeness (QED) is 0.819. The number of rotatable bonds is 4. The first-order chi connectivity index (χ1) is 13.6. The Morgan fingerprint density at radius 1 is 1.07 bits per heavy atom. The van der Waals surface area contributed by atoms with Crippen LogP contribution in [0.3, 0.4) is 0 Å². The molecule has 1 saturated heterocycles. The zero-order valence-corrected chi connectivity index (χ0v) is 15.0. The lowest BCUT2D eigenvalue weighted by Gasteiger charge is -2.20. The molecule has 2 fully saturated rings. The van der Waals surface area contributed by atoms with Crippen LogP contribution in [0.25, 0.3) is 0 Å². The lowest BCUT2D eigenvalue weighted by atomic mass is 9.94. The Balaban J connectivity index is 1.30. The Hall–Kier alpha value is -3.35. The molecule has 7 heteroatoms. The van der Waals surface area contributed by atoms with Crippen molar-refractivity contribution in [1.29, 1.82) is 0 Å². The van der Waals surface area contributed by atoms with E-state index in [0.29, 0.717) is 36.8 Å². The van der Waals surface area contributed by atoms with Crippen LogP contribution in [0.2, 0.25) is 0 Å². The van der Waals surface area contributed by atoms with Gasteiger partial charge in [0.05, 0.1) is 11.3 Å². The Morgan fingerprint density at radius 3 is 2.61 bits per heavy atom. The molecular weight excluding hydrogens is 360 g/mol. The van der Waals surface area contributed by atoms with Crippen LogP contribution < -0.4 is 14.8 Å². The summed E-state index contributed by atoms with van der Waals surface area (Å²) in [7, 11) is 0. The fourth-order valence-electron chi connectivity index (χ4n) is 4.12. The summed E-state index contributed by atoms with van der Waals surface area (Å²) in [5.74, 6) is -0.162. The summed E-state index contributed by atoms with van der Waals surface area (Å²) < 4.78 is 11.0. The molecule has 5 rings (SSSR count). The third-order valence-electron chi connectivity index (χ3n) is 5.57. The highest BCUT2D eigenvalue weighted by atomic mass is 16.6. The molecule has 3 amide bonds. The molecule has 0 spiro atoms. The van der Waals surface area contributed by atoms with E-state index >= 15 is 0 Å². The molecule has 28 heavy (non-hydrogen) atoms. The van der Waals surface area contributed by atoms with Gasteiger partial charge in [-0.1, -0.05) is 30.3 Å². The molecule has 1 aliphatic carbocycles. The Kier molecular flexibility index (Phi) is 3.65. The van der Waals surface area contributed by atoms with Crippen LogP contribution in [0.4, 0.5) is 5.69 Å². The van der Waals surface area contributed by atoms with Gasteiger partial charge >= 0.3 is 0 Å². The van der Waals surface area contributed by atoms with Crippen molar-refractivity contribution in [3.8, 4) is 11.5 Å². The highest BCUT2D eigenvalue weighted by Crippen LogP contribution is 2.60. The smallest absolute Gasteiger partial charge is 0.244 e. The van der Waals surface area contributed by atoms with E-state index in [1.54, 1.807) is 18.2 Å². The minimum absolute atomic E-state index is 0.272. The van der Waals surface area contributed by atoms with Gasteiger partial charge in [0.25, 0.3) is 0 Å². The van der Waals surface area contributed by atoms with Crippen LogP contribution >= 0.6 is 0 Å². The van der Waals surface area contributed by atoms with Gasteiger partial charge in [0.2, 0.25) is 17.7 Å². The first kappa shape index (κ1) is 16.8. The average molecular weight is 378 g/mol. The molecule has 0 radical (unpaired) electrons. The SMILES string of the molecule is O=C(CN1C(=O)[C@@H]2C[C@]2(c2ccccc2)C1=O)Nc1ccc2c(c1)OCCO2. The van der Waals surface area contributed by atoms with Crippen LogP contribution in [0, 0.1) is 5.92 Å². The van der Waals surface area contributed by atoms with Crippen LogP contribution in [-0.2, 0) is 19.8 Å². The number of likely N-dealkylation sites (tertiary alicyclic amines) is 1. The number of amides is 3. The molecule has 0 bridgehead atoms. The number of piperidine rings is 1. The number of anilines is 1. The van der Waals surface area contributed by atoms with E-state index in [0.717, 1.165) is 10.5 Å². The first-order valence-electron chi connectivity index (χ1n) is 9.20. The molecular formula is C21H18N2O5. The molecule has 2 aliphatic heterocycles. The second kappa shape index (κ2) is 6.09. The van der Waals surface area contributed by atoms with E-state index in [9.17, 15) is 14.4 Å². The van der Waals surface area contributed by atoms with Crippen molar-refractivity contribution < 1.29 is 23.9 Å². The van der Waals surface area contributed by atoms with E-state index in [1.807, 2.05) is 30.3 Å². The fraction of sp³-hybridized carbons (Fsp3) is 0.286. The van der Waals surface area contributed by atoms with Crippen molar-refractivity contribution >= 4 is 23.4 Å². The van der Waals surface area contributed by atoms with Gasteiger partial charge in [-0.05, 0) is 24.1 Å². The second-order valence-corrected chi connectivity index (χ2v) is 7.23. The molecule has 2 heterocycles. The number of nitrogens with one attached hydrogen (secondary N) is 1. The van der Waals surface area contributed by atoms with E-state index in [1.165, 1.54) is 0 Å². The normalized spacial score (nSPS) is 24.7. The van der Waals surface area contributed by atoms with Crippen LogP contribution in [-0.4, -0.2) is 42.4 Å². The number of hydrogen-bond acceptors (Lipinski definition) is 5. The van der Waals surface area contributed by atoms with E-state index in [2.05, 4.69) is 5.32 Å². The average Bonchev–Trinajstić information content (AvgIpc) is 3.44. The van der Waals surface area contributed by atoms with Gasteiger partial charge in [-0.25, -0.2) is 0 Å². The maximum atomic E-state index is 12.9. The van der Waals surface area contributed by atoms with E-state index in [4.69, 9.17) is 9.47 Å². The lowest BCUT2D eigenvalue weighted by molar-refractivity contribution is -0.144. The van der Waals surface area contributed by atoms with Crippen LogP contribution in [0.1, 0.15) is 12.0 Å². The van der Waals surface area contributed by atoms with Gasteiger partial charge in [-0.2, -0.15) is 0 Å². The van der Waals surface area contributed by atoms with Gasteiger partial charge in [-0.3, -0.25) is 19.3 Å². The topological polar surface area (TPSA) is 84.9 Å². The van der Waals surface area contributed by atoms with Crippen LogP contribution in [0.5, 0.6) is 11.5 Å². The summed E-state index contributed by atoms with van der Waals surface area (Å²) in [6.07, 6.45) is 0.523. The predicted molar refractivity (Wildman–Crippen MR) is 99.0 cm³/mol. The maximum Gasteiger partial charge on any atom is 0.244 e. The zero-order valence-electron chi connectivity index (χ0n) is 15.0. The molecule has 2 atom stereocenters. The number of nitrogens with zero attached hydrogens (tertiary/aromatic N) is 1. The molecule has 1 saturated carbocycles. The number of hydrogen-bond donors (Lipinski definition) is 1. The molecule has 2 aromatic rings. The summed E-state index contributed by atoms with van der Waals surface area (Å²) in [5, 5.41) is 2.72. The number of imide groups is 1. The fourth-order valence-corrected chi connectivity index (χ4v) is 4.12. The molecule has 7 nitrogen and oxygen atoms in total. The van der Waals surface area contributed by atoms with Crippen molar-refractivity contribution in [3.63, 3.8) is 0 Å². The van der Waals surface area contributed by atoms with Crippen molar-refractivity contribution in [2.45, 2.75) is 11.8 Å². The Morgan fingerprint density at radius 2 is 1.82 bits per heavy atom. The molecule has 0 unspecified atom stereocenters. The highest BCUT2D eigenvalue weighted by molar-refractivity contribution is 6.16. The number of carbonyl (C=O) groups excluding carboxylic acids is 3. The predicted octanol–water partition coefficient (Wildman–Crippen LogP) is 1.72. The van der Waals surface area contributed by atoms with E-state index in [-0.39, 0.29) is 24.3 Å². The monoisotopic (exact) mass is 378 g/mol. The van der Waals surface area contributed by atoms with Crippen molar-refractivity contribution in [2.24, 2.45) is 5.92 Å². The molecule has 0 aromatic heterocycles. The Bertz CT molecular complexity index is 990. The minimum atomic E-state index is -0.782. The summed E-state index contributed by atoms with van der Waals surface area (Å²) >= 11 is 0. The molecule has 1 N–H and O–H groups in total. The van der Waals surface area contributed by atoms with Crippen molar-refractivity contribution in [2.75, 3.05) is 25.1 Å². The lowest BCUT2D eigenvalue weighted by Crippen LogP contribution is -2.41. The van der Waals surface area contributed by atoms with Gasteiger partial charge in [0, 0.05) is 11.8 Å². The second-order valence-electron chi connectivity index (χ2n) is 7.23. The molecule has 3 aliphatic rings. The van der Waals surface area contributed by atoms with Crippen molar-refractivity contribution in [3.05, 3.63) is 54.1 Å². The van der Waals surface area contributed by atoms with Gasteiger partial charge in [0.1, 0.15) is 19.8 Å². The summed E-state index contributed by atoms with van der Waals surface area (Å²) in [6.45, 7) is 0.642. The summed E-state index contributed by atoms with van der Waals surface area (Å²) in [6, 6.07) is 14.4. The summed E-state index contributed by atoms with van der Waals surface area (Å²) in [5.41, 5.74) is 0.583. The standard InChI is InChI=1S/C21H18N2O5/c24-18(22-14-6-7-16-17(10-14)28-9-8-27-16)12-23-19(25)15-11-21(15,20(23)26)13-4-2-1-3-5-13/h1-7,10,15H,8-9,11-12H2,(H,22,24)/t15-,21+/m0/s1. The molecule has 2 aromatic carbocycles. The number of carbonyl (C=O) groups is 3. The number of ether oxygens (including phenoxy) is 2. The highest BCUT2D eigenvalue weighted by Gasteiger charge is 2.72. The summed E-state index contributed by atoms with van der Waals surface area (Å²) in [4.78, 5) is 39.1. The maximum absolute atomic E-state index is 12.9. The van der Waals surface area contributed by atoms with Crippen LogP contribution in [0.15, 0.2) is 48.5 Å². The van der Waals surface area contributed by atoms with Crippen molar-refractivity contribution in [1.82, 2.24) is 4.90 Å². The molecule has 142 valence electrons. The van der Waals surface area contributed by atoms with Gasteiger partial charge in [-0.15, -0.1) is 0 Å².